The van der Waals surface area contributed by atoms with E-state index in [2.05, 4.69) is 35.8 Å². The van der Waals surface area contributed by atoms with E-state index in [-0.39, 0.29) is 45.8 Å². The van der Waals surface area contributed by atoms with E-state index in [4.69, 9.17) is 0 Å². The van der Waals surface area contributed by atoms with Gasteiger partial charge in [0.2, 0.25) is 11.9 Å². The molecule has 0 saturated carbocycles. The number of hydrogen-bond acceptors (Lipinski definition) is 12. The number of carboxylic acid groups (broad SMARTS) is 2. The molecule has 0 aliphatic rings. The fourth-order valence-corrected chi connectivity index (χ4v) is 4.38. The third-order valence-corrected chi connectivity index (χ3v) is 6.27. The van der Waals surface area contributed by atoms with E-state index < -0.39 is 23.7 Å². The highest BCUT2D eigenvalue weighted by atomic mass is 16.4. The Morgan fingerprint density at radius 2 is 1.47 bits per heavy atom. The van der Waals surface area contributed by atoms with Crippen molar-refractivity contribution in [3.05, 3.63) is 82.9 Å². The summed E-state index contributed by atoms with van der Waals surface area (Å²) >= 11 is 0. The Labute approximate surface area is 242 Å². The number of phenols is 2. The number of carboxylic acids is 2. The molecule has 0 spiro atoms. The Morgan fingerprint density at radius 1 is 0.767 bits per heavy atom. The molecule has 1 heterocycles. The van der Waals surface area contributed by atoms with Gasteiger partial charge in [0.05, 0.1) is 11.3 Å². The zero-order valence-electron chi connectivity index (χ0n) is 22.6. The largest absolute Gasteiger partial charge is 0.507 e. The fraction of sp³-hybridized carbons (Fsp3) is 0.0690. The van der Waals surface area contributed by atoms with Crippen molar-refractivity contribution >= 4 is 57.4 Å². The molecule has 0 amide bonds. The molecule has 0 saturated heterocycles. The van der Waals surface area contributed by atoms with Gasteiger partial charge in [0, 0.05) is 11.1 Å². The topological polar surface area (TPSA) is 223 Å². The van der Waals surface area contributed by atoms with E-state index in [9.17, 15) is 35.1 Å². The van der Waals surface area contributed by atoms with Crippen LogP contribution in [0, 0.1) is 13.8 Å². The Kier molecular flexibility index (Phi) is 7.41. The third kappa shape index (κ3) is 5.92. The van der Waals surface area contributed by atoms with Crippen LogP contribution in [0.25, 0.3) is 10.8 Å². The highest BCUT2D eigenvalue weighted by Gasteiger charge is 2.18. The SMILES string of the molecule is Cc1cc(Nc2nc(O)nc(Nc3ccc(O)c(C(=O)O)c3)n2)c2c(O)c(N=Nc3ccccc3C(=O)O)c(C)cc2c1. The zero-order valence-corrected chi connectivity index (χ0v) is 22.6. The van der Waals surface area contributed by atoms with Crippen LogP contribution in [0.3, 0.4) is 0 Å². The minimum Gasteiger partial charge on any atom is -0.507 e. The van der Waals surface area contributed by atoms with Crippen molar-refractivity contribution in [1.82, 2.24) is 15.0 Å². The van der Waals surface area contributed by atoms with Gasteiger partial charge in [-0.3, -0.25) is 0 Å². The van der Waals surface area contributed by atoms with Crippen LogP contribution in [-0.2, 0) is 0 Å². The lowest BCUT2D eigenvalue weighted by Gasteiger charge is -2.15. The van der Waals surface area contributed by atoms with Gasteiger partial charge in [-0.2, -0.15) is 15.0 Å². The molecule has 0 aliphatic heterocycles. The monoisotopic (exact) mass is 581 g/mol. The Morgan fingerprint density at radius 3 is 2.19 bits per heavy atom. The number of phenolic OH excluding ortho intramolecular Hbond substituents is 1. The quantitative estimate of drug-likeness (QED) is 0.0820. The number of rotatable bonds is 8. The summed E-state index contributed by atoms with van der Waals surface area (Å²) in [5, 5.41) is 65.0. The summed E-state index contributed by atoms with van der Waals surface area (Å²) in [6.45, 7) is 3.57. The Hall–Kier alpha value is -6.31. The maximum absolute atomic E-state index is 11.6. The number of nitrogens with one attached hydrogen (secondary N) is 2. The number of fused-ring (bicyclic) bond motifs is 1. The second-order valence-corrected chi connectivity index (χ2v) is 9.39. The molecule has 216 valence electrons. The van der Waals surface area contributed by atoms with Gasteiger partial charge >= 0.3 is 17.9 Å². The average Bonchev–Trinajstić information content (AvgIpc) is 2.93. The predicted molar refractivity (Wildman–Crippen MR) is 156 cm³/mol. The first kappa shape index (κ1) is 28.2. The van der Waals surface area contributed by atoms with Gasteiger partial charge in [-0.15, -0.1) is 10.2 Å². The van der Waals surface area contributed by atoms with E-state index in [1.54, 1.807) is 31.2 Å². The maximum atomic E-state index is 11.6. The van der Waals surface area contributed by atoms with E-state index in [0.717, 1.165) is 5.56 Å². The zero-order chi connectivity index (χ0) is 30.8. The Bertz CT molecular complexity index is 1960. The van der Waals surface area contributed by atoms with E-state index in [1.807, 2.05) is 13.0 Å². The maximum Gasteiger partial charge on any atom is 0.339 e. The first-order chi connectivity index (χ1) is 20.5. The van der Waals surface area contributed by atoms with Crippen molar-refractivity contribution in [2.75, 3.05) is 10.6 Å². The normalized spacial score (nSPS) is 11.1. The number of aromatic carboxylic acids is 2. The van der Waals surface area contributed by atoms with Crippen LogP contribution in [0.4, 0.5) is 34.6 Å². The average molecular weight is 582 g/mol. The number of aromatic nitrogens is 3. The van der Waals surface area contributed by atoms with Crippen LogP contribution >= 0.6 is 0 Å². The minimum absolute atomic E-state index is 0.0484. The molecular weight excluding hydrogens is 558 g/mol. The lowest BCUT2D eigenvalue weighted by atomic mass is 10.0. The van der Waals surface area contributed by atoms with Crippen molar-refractivity contribution in [2.45, 2.75) is 13.8 Å². The number of anilines is 4. The molecule has 0 unspecified atom stereocenters. The van der Waals surface area contributed by atoms with Gasteiger partial charge in [-0.05, 0) is 72.8 Å². The predicted octanol–water partition coefficient (Wildman–Crippen LogP) is 6.06. The smallest absolute Gasteiger partial charge is 0.339 e. The van der Waals surface area contributed by atoms with Crippen LogP contribution in [0.5, 0.6) is 17.5 Å². The number of azo groups is 1. The van der Waals surface area contributed by atoms with E-state index in [1.165, 1.54) is 30.3 Å². The van der Waals surface area contributed by atoms with Crippen molar-refractivity contribution in [2.24, 2.45) is 10.2 Å². The molecule has 0 aliphatic carbocycles. The second kappa shape index (κ2) is 11.3. The lowest BCUT2D eigenvalue weighted by molar-refractivity contribution is 0.0684. The summed E-state index contributed by atoms with van der Waals surface area (Å²) in [5.41, 5.74) is 1.80. The van der Waals surface area contributed by atoms with Crippen LogP contribution in [0.2, 0.25) is 0 Å². The number of benzene rings is 4. The van der Waals surface area contributed by atoms with Crippen molar-refractivity contribution in [3.63, 3.8) is 0 Å². The fourth-order valence-electron chi connectivity index (χ4n) is 4.38. The molecule has 43 heavy (non-hydrogen) atoms. The molecule has 5 rings (SSSR count). The van der Waals surface area contributed by atoms with Crippen molar-refractivity contribution in [3.8, 4) is 17.5 Å². The number of aryl methyl sites for hydroxylation is 2. The molecule has 0 fully saturated rings. The minimum atomic E-state index is -1.34. The molecular formula is C29H23N7O7. The molecule has 14 nitrogen and oxygen atoms in total. The summed E-state index contributed by atoms with van der Waals surface area (Å²) in [4.78, 5) is 34.9. The molecule has 5 aromatic rings. The standard InChI is InChI=1S/C29H23N7O7/c1-13-9-15-11-14(2)23(36-35-19-6-4-3-5-17(19)25(39)40)24(38)22(15)20(10-13)31-28-32-27(33-29(43)34-28)30-16-7-8-21(37)18(12-16)26(41)42/h3-12,37-38H,1-2H3,(H,39,40)(H,41,42)(H3,30,31,32,33,34,43). The van der Waals surface area contributed by atoms with Gasteiger partial charge in [-0.1, -0.05) is 18.2 Å². The molecule has 0 atom stereocenters. The number of aromatic hydroxyl groups is 3. The van der Waals surface area contributed by atoms with Crippen molar-refractivity contribution in [1.29, 1.82) is 0 Å². The lowest BCUT2D eigenvalue weighted by Crippen LogP contribution is -2.05. The van der Waals surface area contributed by atoms with Crippen LogP contribution in [0.15, 0.2) is 70.9 Å². The number of hydrogen-bond donors (Lipinski definition) is 7. The molecule has 0 bridgehead atoms. The summed E-state index contributed by atoms with van der Waals surface area (Å²) in [5.74, 6) is -3.42. The first-order valence-corrected chi connectivity index (χ1v) is 12.6. The second-order valence-electron chi connectivity index (χ2n) is 9.39. The van der Waals surface area contributed by atoms with Gasteiger partial charge in [0.25, 0.3) is 0 Å². The number of nitrogens with zero attached hydrogens (tertiary/aromatic N) is 5. The summed E-state index contributed by atoms with van der Waals surface area (Å²) < 4.78 is 0. The summed E-state index contributed by atoms with van der Waals surface area (Å²) in [7, 11) is 0. The van der Waals surface area contributed by atoms with Gasteiger partial charge in [0.15, 0.2) is 5.75 Å². The van der Waals surface area contributed by atoms with Gasteiger partial charge in [-0.25, -0.2) is 9.59 Å². The van der Waals surface area contributed by atoms with Crippen LogP contribution in [-0.4, -0.2) is 52.4 Å². The molecule has 4 aromatic carbocycles. The van der Waals surface area contributed by atoms with Crippen LogP contribution < -0.4 is 10.6 Å². The summed E-state index contributed by atoms with van der Waals surface area (Å²) in [6.07, 6.45) is 0. The Balaban J connectivity index is 1.54. The summed E-state index contributed by atoms with van der Waals surface area (Å²) in [6, 6.07) is 14.5. The molecule has 1 aromatic heterocycles. The van der Waals surface area contributed by atoms with Gasteiger partial charge < -0.3 is 36.2 Å². The third-order valence-electron chi connectivity index (χ3n) is 6.27. The van der Waals surface area contributed by atoms with Crippen LogP contribution in [0.1, 0.15) is 31.8 Å². The molecule has 0 radical (unpaired) electrons. The van der Waals surface area contributed by atoms with Crippen molar-refractivity contribution < 1.29 is 35.1 Å². The molecule has 7 N–H and O–H groups in total. The highest BCUT2D eigenvalue weighted by Crippen LogP contribution is 2.43. The van der Waals surface area contributed by atoms with E-state index in [0.29, 0.717) is 22.0 Å². The first-order valence-electron chi connectivity index (χ1n) is 12.6. The van der Waals surface area contributed by atoms with Gasteiger partial charge in [0.1, 0.15) is 22.7 Å². The molecule has 14 heteroatoms. The van der Waals surface area contributed by atoms with E-state index >= 15 is 0 Å². The number of carbonyl (C=O) groups is 2. The highest BCUT2D eigenvalue weighted by molar-refractivity contribution is 6.03.